The van der Waals surface area contributed by atoms with Crippen molar-refractivity contribution in [2.45, 2.75) is 46.3 Å². The second-order valence-corrected chi connectivity index (χ2v) is 12.9. The number of aromatic nitrogens is 2. The molecule has 6 heteroatoms. The molecule has 2 atom stereocenters. The van der Waals surface area contributed by atoms with Crippen LogP contribution in [0.4, 0.5) is 17.1 Å². The Labute approximate surface area is 242 Å². The maximum Gasteiger partial charge on any atom is 0.257 e. The summed E-state index contributed by atoms with van der Waals surface area (Å²) in [4.78, 5) is 7.22. The molecule has 1 unspecified atom stereocenters. The molecule has 3 aromatic carbocycles. The van der Waals surface area contributed by atoms with Gasteiger partial charge in [-0.1, -0.05) is 42.5 Å². The van der Waals surface area contributed by atoms with Crippen LogP contribution in [0.1, 0.15) is 37.7 Å². The van der Waals surface area contributed by atoms with E-state index >= 15 is 0 Å². The van der Waals surface area contributed by atoms with Gasteiger partial charge in [-0.15, -0.1) is 0 Å². The third-order valence-electron chi connectivity index (χ3n) is 8.84. The van der Waals surface area contributed by atoms with Crippen LogP contribution in [-0.2, 0) is 12.6 Å². The summed E-state index contributed by atoms with van der Waals surface area (Å²) in [5, 5.41) is 3.44. The predicted molar refractivity (Wildman–Crippen MR) is 171 cm³/mol. The van der Waals surface area contributed by atoms with Crippen molar-refractivity contribution >= 4 is 72.9 Å². The molecule has 0 saturated heterocycles. The van der Waals surface area contributed by atoms with E-state index in [2.05, 4.69) is 146 Å². The Morgan fingerprint density at radius 2 is 1.64 bits per heavy atom. The number of anilines is 2. The number of quaternary nitrogens is 1. The minimum atomic E-state index is -0.257. The highest BCUT2D eigenvalue weighted by atomic mass is 127. The average molecular weight is 628 g/mol. The molecule has 0 radical (unpaired) electrons. The summed E-state index contributed by atoms with van der Waals surface area (Å²) in [6.45, 7) is 11.3. The van der Waals surface area contributed by atoms with Gasteiger partial charge in [0.1, 0.15) is 11.2 Å². The Morgan fingerprint density at radius 3 is 2.44 bits per heavy atom. The smallest absolute Gasteiger partial charge is 0.257 e. The van der Waals surface area contributed by atoms with Crippen LogP contribution >= 0.6 is 22.9 Å². The number of benzene rings is 3. The molecule has 39 heavy (non-hydrogen) atoms. The molecule has 0 fully saturated rings. The number of pyridine rings is 1. The monoisotopic (exact) mass is 627 g/mol. The second kappa shape index (κ2) is 8.32. The molecule has 0 amide bonds. The van der Waals surface area contributed by atoms with Gasteiger partial charge in [0.2, 0.25) is 5.71 Å². The van der Waals surface area contributed by atoms with Crippen LogP contribution in [0.2, 0.25) is 0 Å². The van der Waals surface area contributed by atoms with E-state index in [-0.39, 0.29) is 11.7 Å². The van der Waals surface area contributed by atoms with Crippen molar-refractivity contribution in [3.8, 4) is 0 Å². The van der Waals surface area contributed by atoms with Crippen molar-refractivity contribution in [1.82, 2.24) is 12.2 Å². The zero-order valence-corrected chi connectivity index (χ0v) is 25.3. The lowest BCUT2D eigenvalue weighted by Gasteiger charge is -2.45. The van der Waals surface area contributed by atoms with E-state index in [0.717, 1.165) is 27.7 Å². The van der Waals surface area contributed by atoms with Gasteiger partial charge in [-0.25, -0.2) is 7.68 Å². The first-order valence-corrected chi connectivity index (χ1v) is 14.4. The maximum atomic E-state index is 6.55. The highest BCUT2D eigenvalue weighted by molar-refractivity contribution is 14.1. The van der Waals surface area contributed by atoms with Crippen LogP contribution in [0.3, 0.4) is 0 Å². The first-order valence-electron chi connectivity index (χ1n) is 13.5. The van der Waals surface area contributed by atoms with E-state index in [1.165, 1.54) is 33.5 Å². The van der Waals surface area contributed by atoms with Crippen molar-refractivity contribution in [1.29, 1.82) is 0 Å². The summed E-state index contributed by atoms with van der Waals surface area (Å²) in [5.41, 5.74) is 9.67. The van der Waals surface area contributed by atoms with Gasteiger partial charge in [-0.2, -0.15) is 0 Å². The lowest BCUT2D eigenvalue weighted by Crippen LogP contribution is -2.60. The molecule has 0 N–H and O–H groups in total. The molecule has 7 rings (SSSR count). The van der Waals surface area contributed by atoms with Crippen molar-refractivity contribution < 1.29 is 4.42 Å². The van der Waals surface area contributed by atoms with Crippen LogP contribution < -0.4 is 7.60 Å². The standard InChI is InChI=1S/C33H32IN4O/c1-20-15-17-24-25-18-16-21(2)35-32(25)39-31(24)30(20)37-22(3)38(34,28-14-10-9-13-27(28)37)33(4,5)29-19-23-11-7-8-12-26(23)36(29)6/h7-19,22H,1-6H3/q+1/t22-,38?/m1/s1. The number of nitrogens with zero attached hydrogens (tertiary/aromatic N) is 4. The number of hydrogen-bond donors (Lipinski definition) is 0. The van der Waals surface area contributed by atoms with E-state index in [0.29, 0.717) is 8.41 Å². The number of aryl methyl sites for hydroxylation is 3. The Hall–Kier alpha value is -3.36. The Kier molecular flexibility index (Phi) is 5.26. The Balaban J connectivity index is 1.48. The average Bonchev–Trinajstić information content (AvgIpc) is 3.53. The molecular formula is C33H32IN4O+. The maximum absolute atomic E-state index is 6.55. The number of hydrogen-bond acceptors (Lipinski definition) is 3. The van der Waals surface area contributed by atoms with Crippen molar-refractivity contribution in [2.75, 3.05) is 4.90 Å². The SMILES string of the molecule is Cc1ccc2c(n1)oc1c(N3c4ccccc4[N+](I)(C(C)(C)c4cc5ccccc5n4C)[C@@H]3C)c(C)ccc12. The normalized spacial score (nSPS) is 19.5. The molecule has 0 saturated carbocycles. The first kappa shape index (κ1) is 24.7. The molecule has 1 aliphatic heterocycles. The van der Waals surface area contributed by atoms with Gasteiger partial charge in [0.15, 0.2) is 17.4 Å². The fourth-order valence-electron chi connectivity index (χ4n) is 6.82. The fraction of sp³-hybridized carbons (Fsp3) is 0.242. The summed E-state index contributed by atoms with van der Waals surface area (Å²) in [7, 11) is 2.20. The van der Waals surface area contributed by atoms with Gasteiger partial charge in [0.05, 0.1) is 11.4 Å². The molecule has 196 valence electrons. The van der Waals surface area contributed by atoms with E-state index < -0.39 is 0 Å². The zero-order chi connectivity index (χ0) is 27.3. The highest BCUT2D eigenvalue weighted by Crippen LogP contribution is 2.59. The third-order valence-corrected chi connectivity index (χ3v) is 11.4. The summed E-state index contributed by atoms with van der Waals surface area (Å²) in [5.74, 6) is 0. The van der Waals surface area contributed by atoms with Crippen LogP contribution in [-0.4, -0.2) is 15.7 Å². The van der Waals surface area contributed by atoms with E-state index in [4.69, 9.17) is 9.40 Å². The minimum Gasteiger partial charge on any atom is -0.435 e. The lowest BCUT2D eigenvalue weighted by molar-refractivity contribution is 0.234. The highest BCUT2D eigenvalue weighted by Gasteiger charge is 2.59. The van der Waals surface area contributed by atoms with Crippen LogP contribution in [0, 0.1) is 13.8 Å². The molecule has 3 aromatic heterocycles. The molecule has 0 bridgehead atoms. The lowest BCUT2D eigenvalue weighted by atomic mass is 9.96. The summed E-state index contributed by atoms with van der Waals surface area (Å²) in [6, 6.07) is 28.5. The largest absolute Gasteiger partial charge is 0.435 e. The molecule has 0 aliphatic carbocycles. The number of furan rings is 1. The van der Waals surface area contributed by atoms with Gasteiger partial charge in [0.25, 0.3) is 22.9 Å². The molecule has 6 aromatic rings. The third kappa shape index (κ3) is 3.19. The van der Waals surface area contributed by atoms with Crippen LogP contribution in [0.5, 0.6) is 0 Å². The van der Waals surface area contributed by atoms with Crippen molar-refractivity contribution in [3.05, 3.63) is 95.8 Å². The van der Waals surface area contributed by atoms with E-state index in [9.17, 15) is 0 Å². The molecule has 0 spiro atoms. The number of fused-ring (bicyclic) bond motifs is 5. The van der Waals surface area contributed by atoms with Crippen LogP contribution in [0.25, 0.3) is 33.0 Å². The summed E-state index contributed by atoms with van der Waals surface area (Å²) in [6.07, 6.45) is 0.0863. The topological polar surface area (TPSA) is 34.2 Å². The number of rotatable bonds is 3. The van der Waals surface area contributed by atoms with Crippen molar-refractivity contribution in [3.63, 3.8) is 0 Å². The summed E-state index contributed by atoms with van der Waals surface area (Å²) < 4.78 is 9.61. The molecular weight excluding hydrogens is 595 g/mol. The van der Waals surface area contributed by atoms with Crippen LogP contribution in [0.15, 0.2) is 83.3 Å². The van der Waals surface area contributed by atoms with Gasteiger partial charge in [-0.3, -0.25) is 4.90 Å². The van der Waals surface area contributed by atoms with Gasteiger partial charge >= 0.3 is 0 Å². The van der Waals surface area contributed by atoms with Gasteiger partial charge < -0.3 is 8.98 Å². The number of para-hydroxylation sites is 3. The first-order chi connectivity index (χ1) is 18.6. The van der Waals surface area contributed by atoms with E-state index in [1.807, 2.05) is 6.92 Å². The fourth-order valence-corrected chi connectivity index (χ4v) is 7.72. The Bertz CT molecular complexity index is 1930. The zero-order valence-electron chi connectivity index (χ0n) is 23.2. The Morgan fingerprint density at radius 1 is 0.923 bits per heavy atom. The predicted octanol–water partition coefficient (Wildman–Crippen LogP) is 9.18. The quantitative estimate of drug-likeness (QED) is 0.145. The molecule has 4 heterocycles. The van der Waals surface area contributed by atoms with Crippen molar-refractivity contribution in [2.24, 2.45) is 7.05 Å². The number of halogens is 1. The van der Waals surface area contributed by atoms with Gasteiger partial charge in [-0.05, 0) is 63.6 Å². The molecule has 5 nitrogen and oxygen atoms in total. The van der Waals surface area contributed by atoms with Gasteiger partial charge in [0, 0.05) is 47.4 Å². The second-order valence-electron chi connectivity index (χ2n) is 11.3. The molecule has 1 aliphatic rings. The summed E-state index contributed by atoms with van der Waals surface area (Å²) >= 11 is 2.71. The minimum absolute atomic E-state index is 0.0863. The van der Waals surface area contributed by atoms with E-state index in [1.54, 1.807) is 0 Å².